The standard InChI is InChI=1S/C17H11F3N4O5/c1-9(15-6-10-4-2-3-5-14(10)29-15)21-22-16-12(23(25)26)7-11(17(18,19)20)8-13(16)24(27)28/h2-8,22H,1H3. The van der Waals surface area contributed by atoms with Gasteiger partial charge in [-0.3, -0.25) is 25.7 Å². The summed E-state index contributed by atoms with van der Waals surface area (Å²) in [4.78, 5) is 20.1. The fourth-order valence-corrected chi connectivity index (χ4v) is 2.53. The third-order valence-corrected chi connectivity index (χ3v) is 3.93. The van der Waals surface area contributed by atoms with Gasteiger partial charge in [0, 0.05) is 17.5 Å². The first kappa shape index (κ1) is 19.8. The molecule has 1 heterocycles. The maximum Gasteiger partial charge on any atom is 0.416 e. The molecule has 150 valence electrons. The number of halogens is 3. The number of alkyl halides is 3. The summed E-state index contributed by atoms with van der Waals surface area (Å²) in [6.07, 6.45) is -5.00. The van der Waals surface area contributed by atoms with Gasteiger partial charge in [0.2, 0.25) is 5.69 Å². The highest BCUT2D eigenvalue weighted by Crippen LogP contribution is 2.41. The van der Waals surface area contributed by atoms with Crippen molar-refractivity contribution in [3.8, 4) is 0 Å². The van der Waals surface area contributed by atoms with Crippen LogP contribution in [0, 0.1) is 20.2 Å². The Morgan fingerprint density at radius 3 is 2.17 bits per heavy atom. The Morgan fingerprint density at radius 2 is 1.66 bits per heavy atom. The molecule has 0 aliphatic heterocycles. The quantitative estimate of drug-likeness (QED) is 0.356. The highest BCUT2D eigenvalue weighted by molar-refractivity contribution is 6.00. The average Bonchev–Trinajstić information content (AvgIpc) is 3.08. The SMILES string of the molecule is CC(=NNc1c([N+](=O)[O-])cc(C(F)(F)F)cc1[N+](=O)[O-])c1cc2ccccc2o1. The molecule has 29 heavy (non-hydrogen) atoms. The molecule has 0 fully saturated rings. The molecule has 3 rings (SSSR count). The van der Waals surface area contributed by atoms with E-state index in [0.29, 0.717) is 5.58 Å². The molecular weight excluding hydrogens is 397 g/mol. The molecule has 1 N–H and O–H groups in total. The molecule has 0 aliphatic carbocycles. The van der Waals surface area contributed by atoms with Gasteiger partial charge in [0.25, 0.3) is 0 Å². The molecule has 0 saturated heterocycles. The summed E-state index contributed by atoms with van der Waals surface area (Å²) in [5, 5.41) is 27.0. The normalized spacial score (nSPS) is 12.2. The van der Waals surface area contributed by atoms with Gasteiger partial charge < -0.3 is 4.42 Å². The van der Waals surface area contributed by atoms with Gasteiger partial charge in [-0.05, 0) is 19.1 Å². The molecule has 0 spiro atoms. The number of nitrogens with zero attached hydrogens (tertiary/aromatic N) is 3. The third-order valence-electron chi connectivity index (χ3n) is 3.93. The summed E-state index contributed by atoms with van der Waals surface area (Å²) in [5.74, 6) is 0.274. The van der Waals surface area contributed by atoms with Crippen molar-refractivity contribution in [2.24, 2.45) is 5.10 Å². The van der Waals surface area contributed by atoms with Crippen LogP contribution in [-0.4, -0.2) is 15.6 Å². The number of hydrogen-bond acceptors (Lipinski definition) is 7. The largest absolute Gasteiger partial charge is 0.455 e. The van der Waals surface area contributed by atoms with Gasteiger partial charge >= 0.3 is 17.6 Å². The van der Waals surface area contributed by atoms with Crippen molar-refractivity contribution in [2.45, 2.75) is 13.1 Å². The second kappa shape index (κ2) is 7.22. The summed E-state index contributed by atoms with van der Waals surface area (Å²) in [6.45, 7) is 1.46. The molecule has 12 heteroatoms. The maximum atomic E-state index is 12.9. The maximum absolute atomic E-state index is 12.9. The second-order valence-electron chi connectivity index (χ2n) is 5.86. The molecule has 1 aromatic heterocycles. The first-order valence-corrected chi connectivity index (χ1v) is 7.91. The highest BCUT2D eigenvalue weighted by Gasteiger charge is 2.37. The number of para-hydroxylation sites is 1. The molecular formula is C17H11F3N4O5. The Balaban J connectivity index is 2.06. The Morgan fingerprint density at radius 1 is 1.07 bits per heavy atom. The summed E-state index contributed by atoms with van der Waals surface area (Å²) in [5.41, 5.74) is -1.69. The lowest BCUT2D eigenvalue weighted by molar-refractivity contribution is -0.392. The molecule has 0 bridgehead atoms. The van der Waals surface area contributed by atoms with Gasteiger partial charge in [0.1, 0.15) is 11.3 Å². The molecule has 0 aliphatic rings. The van der Waals surface area contributed by atoms with Crippen LogP contribution < -0.4 is 5.43 Å². The van der Waals surface area contributed by atoms with Crippen LogP contribution in [0.1, 0.15) is 18.2 Å². The van der Waals surface area contributed by atoms with Crippen molar-refractivity contribution in [1.29, 1.82) is 0 Å². The van der Waals surface area contributed by atoms with E-state index in [-0.39, 0.29) is 23.6 Å². The van der Waals surface area contributed by atoms with E-state index in [0.717, 1.165) is 5.39 Å². The Labute approximate surface area is 159 Å². The van der Waals surface area contributed by atoms with E-state index < -0.39 is 38.6 Å². The fraction of sp³-hybridized carbons (Fsp3) is 0.118. The number of rotatable bonds is 5. The zero-order valence-corrected chi connectivity index (χ0v) is 14.6. The van der Waals surface area contributed by atoms with Crippen LogP contribution in [0.5, 0.6) is 0 Å². The molecule has 0 amide bonds. The van der Waals surface area contributed by atoms with Crippen LogP contribution in [0.4, 0.5) is 30.2 Å². The number of nitro groups is 2. The number of anilines is 1. The molecule has 0 atom stereocenters. The number of fused-ring (bicyclic) bond motifs is 1. The number of nitrogens with one attached hydrogen (secondary N) is 1. The zero-order chi connectivity index (χ0) is 21.3. The van der Waals surface area contributed by atoms with Crippen LogP contribution in [0.2, 0.25) is 0 Å². The molecule has 9 nitrogen and oxygen atoms in total. The lowest BCUT2D eigenvalue weighted by Crippen LogP contribution is -2.10. The molecule has 0 unspecified atom stereocenters. The molecule has 3 aromatic rings. The van der Waals surface area contributed by atoms with Crippen LogP contribution in [-0.2, 0) is 6.18 Å². The van der Waals surface area contributed by atoms with Gasteiger partial charge in [-0.1, -0.05) is 18.2 Å². The number of hydrogen-bond donors (Lipinski definition) is 1. The number of furan rings is 1. The lowest BCUT2D eigenvalue weighted by Gasteiger charge is -2.09. The monoisotopic (exact) mass is 408 g/mol. The van der Waals surface area contributed by atoms with Crippen molar-refractivity contribution >= 4 is 33.7 Å². The van der Waals surface area contributed by atoms with E-state index >= 15 is 0 Å². The topological polar surface area (TPSA) is 124 Å². The summed E-state index contributed by atoms with van der Waals surface area (Å²) in [6, 6.07) is 9.05. The van der Waals surface area contributed by atoms with E-state index in [1.165, 1.54) is 6.92 Å². The Hall–Kier alpha value is -3.96. The van der Waals surface area contributed by atoms with Crippen LogP contribution in [0.15, 0.2) is 52.0 Å². The number of nitro benzene ring substituents is 2. The average molecular weight is 408 g/mol. The Kier molecular flexibility index (Phi) is 4.93. The van der Waals surface area contributed by atoms with Crippen LogP contribution in [0.25, 0.3) is 11.0 Å². The molecule has 0 saturated carbocycles. The predicted octanol–water partition coefficient (Wildman–Crippen LogP) is 5.10. The minimum absolute atomic E-state index is 0.171. The summed E-state index contributed by atoms with van der Waals surface area (Å²) < 4.78 is 44.4. The first-order chi connectivity index (χ1) is 13.6. The fourth-order valence-electron chi connectivity index (χ4n) is 2.53. The van der Waals surface area contributed by atoms with Gasteiger partial charge in [-0.15, -0.1) is 0 Å². The van der Waals surface area contributed by atoms with Crippen molar-refractivity contribution in [3.63, 3.8) is 0 Å². The predicted molar refractivity (Wildman–Crippen MR) is 96.8 cm³/mol. The number of hydrazone groups is 1. The highest BCUT2D eigenvalue weighted by atomic mass is 19.4. The first-order valence-electron chi connectivity index (χ1n) is 7.91. The van der Waals surface area contributed by atoms with Gasteiger partial charge in [-0.2, -0.15) is 18.3 Å². The van der Waals surface area contributed by atoms with Crippen molar-refractivity contribution in [3.05, 3.63) is 74.0 Å². The van der Waals surface area contributed by atoms with E-state index in [2.05, 4.69) is 10.5 Å². The summed E-state index contributed by atoms with van der Waals surface area (Å²) >= 11 is 0. The van der Waals surface area contributed by atoms with Gasteiger partial charge in [0.05, 0.1) is 15.4 Å². The molecule has 2 aromatic carbocycles. The van der Waals surface area contributed by atoms with E-state index in [9.17, 15) is 33.4 Å². The zero-order valence-electron chi connectivity index (χ0n) is 14.6. The smallest absolute Gasteiger partial charge is 0.416 e. The van der Waals surface area contributed by atoms with E-state index in [4.69, 9.17) is 4.42 Å². The van der Waals surface area contributed by atoms with E-state index in [1.807, 2.05) is 0 Å². The van der Waals surface area contributed by atoms with Crippen molar-refractivity contribution in [2.75, 3.05) is 5.43 Å². The van der Waals surface area contributed by atoms with Crippen molar-refractivity contribution < 1.29 is 27.4 Å². The second-order valence-corrected chi connectivity index (χ2v) is 5.86. The van der Waals surface area contributed by atoms with Crippen molar-refractivity contribution in [1.82, 2.24) is 0 Å². The summed E-state index contributed by atoms with van der Waals surface area (Å²) in [7, 11) is 0. The van der Waals surface area contributed by atoms with Crippen LogP contribution in [0.3, 0.4) is 0 Å². The minimum atomic E-state index is -5.00. The van der Waals surface area contributed by atoms with E-state index in [1.54, 1.807) is 30.3 Å². The Bertz CT molecular complexity index is 1090. The third kappa shape index (κ3) is 4.00. The van der Waals surface area contributed by atoms with Crippen LogP contribution >= 0.6 is 0 Å². The van der Waals surface area contributed by atoms with Gasteiger partial charge in [-0.25, -0.2) is 0 Å². The number of benzene rings is 2. The lowest BCUT2D eigenvalue weighted by atomic mass is 10.1. The van der Waals surface area contributed by atoms with Gasteiger partial charge in [0.15, 0.2) is 5.76 Å². The molecule has 0 radical (unpaired) electrons. The minimum Gasteiger partial charge on any atom is -0.455 e.